The molecule has 0 radical (unpaired) electrons. The van der Waals surface area contributed by atoms with Gasteiger partial charge in [-0.05, 0) is 41.5 Å². The van der Waals surface area contributed by atoms with E-state index in [0.717, 1.165) is 47.9 Å². The summed E-state index contributed by atoms with van der Waals surface area (Å²) in [5.74, 6) is -0.149. The summed E-state index contributed by atoms with van der Waals surface area (Å²) < 4.78 is 16.6. The molecule has 0 saturated carbocycles. The van der Waals surface area contributed by atoms with E-state index in [1.807, 2.05) is 84.9 Å². The second-order valence-electron chi connectivity index (χ2n) is 10.4. The minimum Gasteiger partial charge on any atom is -0.790 e. The van der Waals surface area contributed by atoms with E-state index in [1.165, 1.54) is 0 Å². The number of hydrogen-bond acceptors (Lipinski definition) is 5. The largest absolute Gasteiger partial charge is 0.790 e. The van der Waals surface area contributed by atoms with Crippen LogP contribution in [-0.2, 0) is 33.1 Å². The third kappa shape index (κ3) is 7.42. The molecule has 1 aliphatic carbocycles. The second kappa shape index (κ2) is 12.9. The lowest BCUT2D eigenvalue weighted by Gasteiger charge is -2.38. The van der Waals surface area contributed by atoms with Crippen LogP contribution in [0.2, 0.25) is 0 Å². The zero-order valence-corrected chi connectivity index (χ0v) is 22.8. The van der Waals surface area contributed by atoms with Crippen molar-refractivity contribution in [1.82, 2.24) is 5.32 Å². The molecular formula is C31H36NO5P-2. The quantitative estimate of drug-likeness (QED) is 0.245. The minimum absolute atomic E-state index is 0.149. The smallest absolute Gasteiger partial charge is 0.227 e. The van der Waals surface area contributed by atoms with Gasteiger partial charge in [-0.1, -0.05) is 118 Å². The second-order valence-corrected chi connectivity index (χ2v) is 11.5. The summed E-state index contributed by atoms with van der Waals surface area (Å²) in [6, 6.07) is 26.7. The van der Waals surface area contributed by atoms with Crippen LogP contribution in [0.15, 0.2) is 84.9 Å². The lowest BCUT2D eigenvalue weighted by Crippen LogP contribution is -2.47. The average Bonchev–Trinajstić information content (AvgIpc) is 3.23. The van der Waals surface area contributed by atoms with Crippen LogP contribution >= 0.6 is 7.82 Å². The van der Waals surface area contributed by atoms with Crippen molar-refractivity contribution >= 4 is 13.7 Å². The van der Waals surface area contributed by atoms with Gasteiger partial charge in [-0.25, -0.2) is 0 Å². The molecule has 202 valence electrons. The Hall–Kier alpha value is -2.76. The van der Waals surface area contributed by atoms with Crippen LogP contribution in [0.1, 0.15) is 67.3 Å². The molecule has 2 unspecified atom stereocenters. The number of carbonyl (C=O) groups excluding carboxylic acids is 1. The fourth-order valence-electron chi connectivity index (χ4n) is 5.66. The number of nitrogens with one attached hydrogen (secondary N) is 1. The predicted molar refractivity (Wildman–Crippen MR) is 145 cm³/mol. The predicted octanol–water partition coefficient (Wildman–Crippen LogP) is 5.06. The van der Waals surface area contributed by atoms with Gasteiger partial charge in [0, 0.05) is 6.42 Å². The van der Waals surface area contributed by atoms with Crippen LogP contribution in [0, 0.1) is 5.41 Å². The van der Waals surface area contributed by atoms with Gasteiger partial charge in [0.2, 0.25) is 5.91 Å². The van der Waals surface area contributed by atoms with Gasteiger partial charge in [0.15, 0.2) is 0 Å². The average molecular weight is 534 g/mol. The molecule has 1 N–H and O–H groups in total. The molecule has 3 aromatic carbocycles. The van der Waals surface area contributed by atoms with Crippen LogP contribution in [0.3, 0.4) is 0 Å². The molecule has 0 fully saturated rings. The highest BCUT2D eigenvalue weighted by Crippen LogP contribution is 2.42. The van der Waals surface area contributed by atoms with Gasteiger partial charge >= 0.3 is 0 Å². The molecular weight excluding hydrogens is 497 g/mol. The van der Waals surface area contributed by atoms with Crippen LogP contribution in [0.25, 0.3) is 0 Å². The zero-order chi connectivity index (χ0) is 27.0. The molecule has 1 aliphatic rings. The highest BCUT2D eigenvalue weighted by atomic mass is 31.2. The first-order valence-electron chi connectivity index (χ1n) is 13.5. The molecule has 2 atom stereocenters. The van der Waals surface area contributed by atoms with Gasteiger partial charge < -0.3 is 24.2 Å². The van der Waals surface area contributed by atoms with Crippen molar-refractivity contribution < 1.29 is 23.7 Å². The van der Waals surface area contributed by atoms with Gasteiger partial charge in [-0.3, -0.25) is 4.79 Å². The number of phosphoric acid groups is 1. The fraction of sp³-hybridized carbons (Fsp3) is 0.387. The Morgan fingerprint density at radius 3 is 2.05 bits per heavy atom. The summed E-state index contributed by atoms with van der Waals surface area (Å²) in [4.78, 5) is 37.6. The summed E-state index contributed by atoms with van der Waals surface area (Å²) in [7, 11) is -5.25. The maximum absolute atomic E-state index is 14.4. The highest BCUT2D eigenvalue weighted by molar-refractivity contribution is 7.43. The van der Waals surface area contributed by atoms with Crippen LogP contribution in [0.4, 0.5) is 0 Å². The Labute approximate surface area is 225 Å². The number of fused-ring (bicyclic) bond motifs is 1. The van der Waals surface area contributed by atoms with Crippen molar-refractivity contribution in [2.24, 2.45) is 5.41 Å². The third-order valence-electron chi connectivity index (χ3n) is 7.50. The summed E-state index contributed by atoms with van der Waals surface area (Å²) in [5, 5.41) is 3.17. The van der Waals surface area contributed by atoms with Crippen LogP contribution in [-0.4, -0.2) is 12.0 Å². The highest BCUT2D eigenvalue weighted by Gasteiger charge is 2.42. The van der Waals surface area contributed by atoms with E-state index in [4.69, 9.17) is 4.52 Å². The standard InChI is InChI=1S/C31H38NO5P/c1-2-3-4-13-20-31(22-24-14-7-5-8-15-24,23-25-16-9-6-10-17-25)30(33)32-29-27-19-12-11-18-26(27)21-28(29)37-38(34,35)36/h5-12,14-19,28-29H,2-4,13,20-23H2,1H3,(H,32,33)(H2,34,35,36)/p-2. The molecule has 0 saturated heterocycles. The van der Waals surface area contributed by atoms with Crippen molar-refractivity contribution in [3.05, 3.63) is 107 Å². The Balaban J connectivity index is 1.70. The monoisotopic (exact) mass is 533 g/mol. The number of carbonyl (C=O) groups is 1. The van der Waals surface area contributed by atoms with E-state index in [9.17, 15) is 19.1 Å². The Bertz CT molecular complexity index is 1190. The third-order valence-corrected chi connectivity index (χ3v) is 8.02. The number of amides is 1. The van der Waals surface area contributed by atoms with E-state index in [-0.39, 0.29) is 12.3 Å². The molecule has 4 rings (SSSR count). The molecule has 38 heavy (non-hydrogen) atoms. The molecule has 0 bridgehead atoms. The van der Waals surface area contributed by atoms with Gasteiger partial charge in [-0.2, -0.15) is 0 Å². The topological polar surface area (TPSA) is 102 Å². The fourth-order valence-corrected chi connectivity index (χ4v) is 6.19. The molecule has 0 heterocycles. The first-order valence-corrected chi connectivity index (χ1v) is 14.9. The molecule has 0 aromatic heterocycles. The van der Waals surface area contributed by atoms with Crippen molar-refractivity contribution in [3.8, 4) is 0 Å². The van der Waals surface area contributed by atoms with Crippen molar-refractivity contribution in [3.63, 3.8) is 0 Å². The van der Waals surface area contributed by atoms with Gasteiger partial charge in [0.1, 0.15) is 0 Å². The van der Waals surface area contributed by atoms with Crippen LogP contribution in [0.5, 0.6) is 0 Å². The lowest BCUT2D eigenvalue weighted by molar-refractivity contribution is -0.345. The summed E-state index contributed by atoms with van der Waals surface area (Å²) >= 11 is 0. The first-order chi connectivity index (χ1) is 18.3. The van der Waals surface area contributed by atoms with E-state index < -0.39 is 25.4 Å². The normalized spacial score (nSPS) is 17.2. The number of unbranched alkanes of at least 4 members (excludes halogenated alkanes) is 3. The van der Waals surface area contributed by atoms with Crippen LogP contribution < -0.4 is 15.1 Å². The first kappa shape index (κ1) is 28.3. The zero-order valence-electron chi connectivity index (χ0n) is 21.9. The van der Waals surface area contributed by atoms with E-state index in [2.05, 4.69) is 12.2 Å². The van der Waals surface area contributed by atoms with Gasteiger partial charge in [0.25, 0.3) is 0 Å². The summed E-state index contributed by atoms with van der Waals surface area (Å²) in [5.41, 5.74) is 3.03. The van der Waals surface area contributed by atoms with E-state index >= 15 is 0 Å². The molecule has 1 amide bonds. The number of phosphoric ester groups is 1. The van der Waals surface area contributed by atoms with Crippen molar-refractivity contribution in [2.75, 3.05) is 0 Å². The minimum atomic E-state index is -5.25. The maximum Gasteiger partial charge on any atom is 0.227 e. The van der Waals surface area contributed by atoms with Gasteiger partial charge in [-0.15, -0.1) is 0 Å². The van der Waals surface area contributed by atoms with Gasteiger partial charge in [0.05, 0.1) is 25.4 Å². The SMILES string of the molecule is CCCCCCC(Cc1ccccc1)(Cc1ccccc1)C(=O)NC1c2ccccc2CC1OP(=O)([O-])[O-]. The van der Waals surface area contributed by atoms with Crippen molar-refractivity contribution in [2.45, 2.75) is 70.4 Å². The molecule has 0 aliphatic heterocycles. The van der Waals surface area contributed by atoms with E-state index in [1.54, 1.807) is 0 Å². The molecule has 7 heteroatoms. The molecule has 6 nitrogen and oxygen atoms in total. The lowest BCUT2D eigenvalue weighted by atomic mass is 9.71. The molecule has 3 aromatic rings. The number of rotatable bonds is 13. The maximum atomic E-state index is 14.4. The molecule has 0 spiro atoms. The Kier molecular flexibility index (Phi) is 9.56. The Morgan fingerprint density at radius 1 is 0.895 bits per heavy atom. The number of benzene rings is 3. The van der Waals surface area contributed by atoms with Crippen molar-refractivity contribution in [1.29, 1.82) is 0 Å². The summed E-state index contributed by atoms with van der Waals surface area (Å²) in [6.07, 6.45) is 5.18. The number of hydrogen-bond donors (Lipinski definition) is 1. The Morgan fingerprint density at radius 2 is 1.47 bits per heavy atom. The summed E-state index contributed by atoms with van der Waals surface area (Å²) in [6.45, 7) is 2.16. The van der Waals surface area contributed by atoms with E-state index in [0.29, 0.717) is 19.3 Å².